The Morgan fingerprint density at radius 2 is 1.83 bits per heavy atom. The quantitative estimate of drug-likeness (QED) is 0.602. The van der Waals surface area contributed by atoms with Gasteiger partial charge in [0, 0.05) is 24.7 Å². The van der Waals surface area contributed by atoms with Gasteiger partial charge < -0.3 is 14.8 Å². The summed E-state index contributed by atoms with van der Waals surface area (Å²) < 4.78 is 12.0. The van der Waals surface area contributed by atoms with Gasteiger partial charge in [0.05, 0.1) is 41.5 Å². The Morgan fingerprint density at radius 3 is 2.52 bits per heavy atom. The number of aryl methyl sites for hydroxylation is 1. The molecule has 0 radical (unpaired) electrons. The lowest BCUT2D eigenvalue weighted by Gasteiger charge is -2.11. The lowest BCUT2D eigenvalue weighted by molar-refractivity contribution is -0.116. The molecule has 7 nitrogen and oxygen atoms in total. The van der Waals surface area contributed by atoms with Crippen LogP contribution in [0.15, 0.2) is 41.5 Å². The van der Waals surface area contributed by atoms with E-state index in [0.29, 0.717) is 51.1 Å². The summed E-state index contributed by atoms with van der Waals surface area (Å²) in [5, 5.41) is 3.96. The number of hydrogen-bond donors (Lipinski definition) is 1. The number of anilines is 1. The minimum Gasteiger partial charge on any atom is -0.493 e. The van der Waals surface area contributed by atoms with E-state index in [0.717, 1.165) is 0 Å². The molecule has 1 N–H and O–H groups in total. The molecule has 1 heterocycles. The molecule has 29 heavy (non-hydrogen) atoms. The molecule has 0 saturated carbocycles. The summed E-state index contributed by atoms with van der Waals surface area (Å²) in [4.78, 5) is 29.2. The van der Waals surface area contributed by atoms with Gasteiger partial charge in [-0.2, -0.15) is 0 Å². The molecular formula is C20H19Cl2N3O4. The van der Waals surface area contributed by atoms with Crippen molar-refractivity contribution in [2.45, 2.75) is 19.4 Å². The van der Waals surface area contributed by atoms with Gasteiger partial charge in [-0.15, -0.1) is 0 Å². The third-order valence-electron chi connectivity index (χ3n) is 4.34. The van der Waals surface area contributed by atoms with Crippen molar-refractivity contribution in [2.24, 2.45) is 0 Å². The number of fused-ring (bicyclic) bond motifs is 1. The highest BCUT2D eigenvalue weighted by Crippen LogP contribution is 2.29. The summed E-state index contributed by atoms with van der Waals surface area (Å²) in [6, 6.07) is 8.14. The lowest BCUT2D eigenvalue weighted by Crippen LogP contribution is -2.22. The Labute approximate surface area is 177 Å². The number of nitrogens with zero attached hydrogens (tertiary/aromatic N) is 2. The third-order valence-corrected chi connectivity index (χ3v) is 5.07. The number of carbonyl (C=O) groups excluding carboxylic acids is 1. The average Bonchev–Trinajstić information content (AvgIpc) is 2.71. The fourth-order valence-corrected chi connectivity index (χ4v) is 3.15. The predicted octanol–water partition coefficient (Wildman–Crippen LogP) is 4.14. The van der Waals surface area contributed by atoms with E-state index in [1.807, 2.05) is 0 Å². The number of nitrogens with one attached hydrogen (secondary N) is 1. The zero-order valence-corrected chi connectivity index (χ0v) is 17.4. The fraction of sp³-hybridized carbons (Fsp3) is 0.250. The van der Waals surface area contributed by atoms with Gasteiger partial charge in [0.2, 0.25) is 5.91 Å². The minimum atomic E-state index is -0.208. The van der Waals surface area contributed by atoms with Crippen molar-refractivity contribution in [2.75, 3.05) is 19.5 Å². The van der Waals surface area contributed by atoms with Crippen LogP contribution in [0.25, 0.3) is 10.9 Å². The van der Waals surface area contributed by atoms with Crippen LogP contribution in [0, 0.1) is 0 Å². The molecule has 3 rings (SSSR count). The van der Waals surface area contributed by atoms with Crippen LogP contribution in [-0.2, 0) is 11.3 Å². The average molecular weight is 436 g/mol. The van der Waals surface area contributed by atoms with Crippen molar-refractivity contribution >= 4 is 45.7 Å². The summed E-state index contributed by atoms with van der Waals surface area (Å²) >= 11 is 11.8. The van der Waals surface area contributed by atoms with E-state index in [1.165, 1.54) is 25.1 Å². The molecule has 0 atom stereocenters. The molecule has 2 aromatic carbocycles. The largest absolute Gasteiger partial charge is 0.493 e. The van der Waals surface area contributed by atoms with Gasteiger partial charge in [-0.05, 0) is 30.7 Å². The molecule has 9 heteroatoms. The number of halogens is 2. The maximum Gasteiger partial charge on any atom is 0.261 e. The summed E-state index contributed by atoms with van der Waals surface area (Å²) in [7, 11) is 3.03. The smallest absolute Gasteiger partial charge is 0.261 e. The highest BCUT2D eigenvalue weighted by molar-refractivity contribution is 6.42. The van der Waals surface area contributed by atoms with Crippen molar-refractivity contribution in [1.29, 1.82) is 0 Å². The Balaban J connectivity index is 1.67. The van der Waals surface area contributed by atoms with E-state index in [2.05, 4.69) is 10.3 Å². The normalized spacial score (nSPS) is 10.8. The van der Waals surface area contributed by atoms with E-state index in [9.17, 15) is 9.59 Å². The van der Waals surface area contributed by atoms with Gasteiger partial charge in [0.1, 0.15) is 0 Å². The Kier molecular flexibility index (Phi) is 6.61. The second-order valence-electron chi connectivity index (χ2n) is 6.25. The summed E-state index contributed by atoms with van der Waals surface area (Å²) in [5.41, 5.74) is 0.872. The Hall–Kier alpha value is -2.77. The first-order valence-electron chi connectivity index (χ1n) is 8.79. The molecule has 0 aliphatic heterocycles. The molecule has 0 spiro atoms. The molecule has 1 aromatic heterocycles. The summed E-state index contributed by atoms with van der Waals surface area (Å²) in [5.74, 6) is 0.776. The standard InChI is InChI=1S/C20H19Cl2N3O4/c1-28-17-9-13-16(10-18(17)29-2)23-11-25(20(13)27)7-3-4-19(26)24-12-5-6-14(21)15(22)8-12/h5-6,8-11H,3-4,7H2,1-2H3,(H,24,26). The lowest BCUT2D eigenvalue weighted by atomic mass is 10.2. The predicted molar refractivity (Wildman–Crippen MR) is 113 cm³/mol. The molecule has 0 saturated heterocycles. The number of amides is 1. The fourth-order valence-electron chi connectivity index (χ4n) is 2.85. The van der Waals surface area contributed by atoms with Crippen LogP contribution in [0.5, 0.6) is 11.5 Å². The molecule has 0 unspecified atom stereocenters. The molecule has 3 aromatic rings. The van der Waals surface area contributed by atoms with Gasteiger partial charge in [-0.3, -0.25) is 14.2 Å². The maximum atomic E-state index is 12.7. The van der Waals surface area contributed by atoms with Crippen LogP contribution in [0.4, 0.5) is 5.69 Å². The van der Waals surface area contributed by atoms with Crippen molar-refractivity contribution in [3.63, 3.8) is 0 Å². The highest BCUT2D eigenvalue weighted by atomic mass is 35.5. The minimum absolute atomic E-state index is 0.184. The van der Waals surface area contributed by atoms with Gasteiger partial charge in [-0.25, -0.2) is 4.98 Å². The van der Waals surface area contributed by atoms with Crippen LogP contribution < -0.4 is 20.3 Å². The van der Waals surface area contributed by atoms with Crippen molar-refractivity contribution in [1.82, 2.24) is 9.55 Å². The monoisotopic (exact) mass is 435 g/mol. The third kappa shape index (κ3) is 4.81. The zero-order chi connectivity index (χ0) is 21.0. The van der Waals surface area contributed by atoms with Crippen molar-refractivity contribution < 1.29 is 14.3 Å². The number of benzene rings is 2. The second kappa shape index (κ2) is 9.15. The number of aromatic nitrogens is 2. The Bertz CT molecular complexity index is 1110. The number of hydrogen-bond acceptors (Lipinski definition) is 5. The number of methoxy groups -OCH3 is 2. The van der Waals surface area contributed by atoms with Gasteiger partial charge in [0.15, 0.2) is 11.5 Å². The molecule has 152 valence electrons. The zero-order valence-electron chi connectivity index (χ0n) is 15.9. The van der Waals surface area contributed by atoms with Gasteiger partial charge in [0.25, 0.3) is 5.56 Å². The van der Waals surface area contributed by atoms with E-state index in [1.54, 1.807) is 30.3 Å². The summed E-state index contributed by atoms with van der Waals surface area (Å²) in [6.45, 7) is 0.352. The number of carbonyl (C=O) groups is 1. The van der Waals surface area contributed by atoms with Crippen molar-refractivity contribution in [3.8, 4) is 11.5 Å². The highest BCUT2D eigenvalue weighted by Gasteiger charge is 2.11. The first kappa shape index (κ1) is 21.0. The molecule has 1 amide bonds. The molecule has 0 bridgehead atoms. The van der Waals surface area contributed by atoms with Crippen molar-refractivity contribution in [3.05, 3.63) is 57.1 Å². The van der Waals surface area contributed by atoms with Gasteiger partial charge >= 0.3 is 0 Å². The van der Waals surface area contributed by atoms with Crippen LogP contribution in [-0.4, -0.2) is 29.7 Å². The Morgan fingerprint density at radius 1 is 1.10 bits per heavy atom. The van der Waals surface area contributed by atoms with Crippen LogP contribution in [0.3, 0.4) is 0 Å². The maximum absolute atomic E-state index is 12.7. The van der Waals surface area contributed by atoms with Crippen LogP contribution in [0.1, 0.15) is 12.8 Å². The summed E-state index contributed by atoms with van der Waals surface area (Å²) in [6.07, 6.45) is 2.16. The van der Waals surface area contributed by atoms with E-state index >= 15 is 0 Å². The first-order valence-corrected chi connectivity index (χ1v) is 9.54. The first-order chi connectivity index (χ1) is 13.9. The second-order valence-corrected chi connectivity index (χ2v) is 7.06. The number of rotatable bonds is 7. The van der Waals surface area contributed by atoms with Crippen LogP contribution in [0.2, 0.25) is 10.0 Å². The van der Waals surface area contributed by atoms with E-state index in [-0.39, 0.29) is 17.9 Å². The van der Waals surface area contributed by atoms with Crippen LogP contribution >= 0.6 is 23.2 Å². The molecule has 0 aliphatic carbocycles. The molecule has 0 fully saturated rings. The van der Waals surface area contributed by atoms with Gasteiger partial charge in [-0.1, -0.05) is 23.2 Å². The molecule has 0 aliphatic rings. The topological polar surface area (TPSA) is 82.5 Å². The molecular weight excluding hydrogens is 417 g/mol. The van der Waals surface area contributed by atoms with E-state index < -0.39 is 0 Å². The SMILES string of the molecule is COc1cc2ncn(CCCC(=O)Nc3ccc(Cl)c(Cl)c3)c(=O)c2cc1OC. The number of ether oxygens (including phenoxy) is 2. The van der Waals surface area contributed by atoms with E-state index in [4.69, 9.17) is 32.7 Å².